The van der Waals surface area contributed by atoms with Crippen LogP contribution in [-0.2, 0) is 0 Å². The Labute approximate surface area is 754 Å². The predicted octanol–water partition coefficient (Wildman–Crippen LogP) is 30.2. The molecule has 0 aliphatic heterocycles. The molecule has 612 valence electrons. The number of aromatic nitrogens is 11. The Hall–Kier alpha value is -17.8. The molecule has 7 heterocycles. The summed E-state index contributed by atoms with van der Waals surface area (Å²) in [5, 5.41) is 12.2. The third-order valence-electron chi connectivity index (χ3n) is 25.7. The van der Waals surface area contributed by atoms with Gasteiger partial charge in [0, 0.05) is 116 Å². The van der Waals surface area contributed by atoms with E-state index in [4.69, 9.17) is 29.9 Å². The molecule has 0 saturated carbocycles. The van der Waals surface area contributed by atoms with Crippen molar-refractivity contribution in [3.63, 3.8) is 0 Å². The zero-order valence-electron chi connectivity index (χ0n) is 70.9. The van der Waals surface area contributed by atoms with Crippen LogP contribution in [0.2, 0.25) is 0 Å². The smallest absolute Gasteiger partial charge is 0.164 e. The Morgan fingerprint density at radius 2 is 0.252 bits per heavy atom. The van der Waals surface area contributed by atoms with Gasteiger partial charge in [0.25, 0.3) is 0 Å². The van der Waals surface area contributed by atoms with E-state index in [1.54, 1.807) is 0 Å². The lowest BCUT2D eigenvalue weighted by molar-refractivity contribution is 1.07. The first-order valence-electron chi connectivity index (χ1n) is 44.3. The average Bonchev–Trinajstić information content (AvgIpc) is 1.58. The molecule has 26 rings (SSSR count). The second-order valence-electron chi connectivity index (χ2n) is 33.3. The van der Waals surface area contributed by atoms with Crippen molar-refractivity contribution in [1.82, 2.24) is 52.7 Å². The van der Waals surface area contributed by atoms with Crippen molar-refractivity contribution in [2.75, 3.05) is 0 Å². The minimum absolute atomic E-state index is 0.624. The molecule has 0 N–H and O–H groups in total. The number of benzene rings is 19. The Balaban J connectivity index is 0.000000147. The number of para-hydroxylation sites is 7. The lowest BCUT2D eigenvalue weighted by Gasteiger charge is -2.11. The van der Waals surface area contributed by atoms with Gasteiger partial charge in [-0.2, -0.15) is 0 Å². The average molecular weight is 1670 g/mol. The van der Waals surface area contributed by atoms with Gasteiger partial charge in [0.05, 0.1) is 55.2 Å². The van der Waals surface area contributed by atoms with E-state index < -0.39 is 0 Å². The molecular weight excluding hydrogens is 1600 g/mol. The second-order valence-corrected chi connectivity index (χ2v) is 33.3. The first-order valence-corrected chi connectivity index (χ1v) is 44.3. The van der Waals surface area contributed by atoms with E-state index in [0.29, 0.717) is 34.9 Å². The van der Waals surface area contributed by atoms with E-state index in [2.05, 4.69) is 369 Å². The highest BCUT2D eigenvalue weighted by Crippen LogP contribution is 2.45. The van der Waals surface area contributed by atoms with Crippen LogP contribution in [0.4, 0.5) is 0 Å². The standard InChI is InChI=1S/C69H44N6.C51H33N5/c1-5-17-45(18-6-1)67-70-68(46-19-7-2-8-20-46)72-69(71-67)47-29-35-54(36-30-47)75-65-39-33-50(48-31-37-63-57(41-48)55-25-13-15-27-61(55)73(63)52-21-9-3-10-22-52)43-59(65)60-44-51(34-40-66(60)75)49-32-38-64-58(42-49)56-26-14-16-28-62(56)74(64)53-23-11-4-12-24-53;1-4-14-34(15-5-1)49-52-50(35-16-6-2-7-17-35)54-51(53-49)36-24-28-40(29-25-36)56-46-23-13-11-21-42(46)44-33-38(27-31-48(44)56)37-26-30-47-43(32-37)41-20-10-12-22-45(41)55(47)39-18-8-3-9-19-39/h1-44H;1-33H. The highest BCUT2D eigenvalue weighted by Gasteiger charge is 2.24. The minimum atomic E-state index is 0.624. The molecule has 0 amide bonds. The van der Waals surface area contributed by atoms with Crippen molar-refractivity contribution in [2.24, 2.45) is 0 Å². The third-order valence-corrected chi connectivity index (χ3v) is 25.7. The number of rotatable bonds is 14. The molecule has 0 bridgehead atoms. The van der Waals surface area contributed by atoms with Crippen LogP contribution < -0.4 is 0 Å². The Bertz CT molecular complexity index is 8580. The summed E-state index contributed by atoms with van der Waals surface area (Å²) in [6.45, 7) is 0. The molecule has 19 aromatic carbocycles. The number of nitrogens with zero attached hydrogens (tertiary/aromatic N) is 11. The lowest BCUT2D eigenvalue weighted by Crippen LogP contribution is -2.00. The van der Waals surface area contributed by atoms with Crippen LogP contribution in [0.1, 0.15) is 0 Å². The highest BCUT2D eigenvalue weighted by atomic mass is 15.1. The van der Waals surface area contributed by atoms with Crippen LogP contribution >= 0.6 is 0 Å². The second kappa shape index (κ2) is 31.7. The van der Waals surface area contributed by atoms with E-state index in [1.807, 2.05) is 121 Å². The van der Waals surface area contributed by atoms with Gasteiger partial charge in [0.2, 0.25) is 0 Å². The summed E-state index contributed by atoms with van der Waals surface area (Å²) in [6, 6.07) is 166. The zero-order chi connectivity index (χ0) is 86.4. The van der Waals surface area contributed by atoms with E-state index in [-0.39, 0.29) is 0 Å². The minimum Gasteiger partial charge on any atom is -0.309 e. The Morgan fingerprint density at radius 1 is 0.107 bits per heavy atom. The molecule has 7 aromatic heterocycles. The SMILES string of the molecule is c1ccc(-c2nc(-c3ccccc3)nc(-c3ccc(-n4c5ccc(-c6ccc7c(c6)c6ccccc6n7-c6ccccc6)cc5c5cc(-c6ccc7c(c6)c6ccccc6n7-c6ccccc6)ccc54)cc3)n2)cc1.c1ccc(-c2nc(-c3ccccc3)nc(-c3ccc(-n4c5ccccc5c5cc(-c6ccc7c(c6)c6ccccc6n7-c6ccccc6)ccc54)cc3)n2)cc1. The monoisotopic (exact) mass is 1670 g/mol. The molecule has 0 fully saturated rings. The topological polar surface area (TPSA) is 102 Å². The fraction of sp³-hybridized carbons (Fsp3) is 0. The van der Waals surface area contributed by atoms with Gasteiger partial charge >= 0.3 is 0 Å². The summed E-state index contributed by atoms with van der Waals surface area (Å²) in [4.78, 5) is 29.8. The molecule has 11 heteroatoms. The van der Waals surface area contributed by atoms with Crippen LogP contribution in [0.25, 0.3) is 239 Å². The number of hydrogen-bond acceptors (Lipinski definition) is 6. The van der Waals surface area contributed by atoms with Gasteiger partial charge in [0.15, 0.2) is 34.9 Å². The highest BCUT2D eigenvalue weighted by molar-refractivity contribution is 6.17. The van der Waals surface area contributed by atoms with E-state index in [9.17, 15) is 0 Å². The Kier molecular flexibility index (Phi) is 18.3. The van der Waals surface area contributed by atoms with Gasteiger partial charge in [-0.25, -0.2) is 29.9 Å². The predicted molar refractivity (Wildman–Crippen MR) is 540 cm³/mol. The quantitative estimate of drug-likeness (QED) is 0.107. The largest absolute Gasteiger partial charge is 0.309 e. The molecule has 0 atom stereocenters. The summed E-state index contributed by atoms with van der Waals surface area (Å²) in [5.74, 6) is 3.84. The molecule has 0 spiro atoms. The maximum absolute atomic E-state index is 5.04. The number of hydrogen-bond donors (Lipinski definition) is 0. The maximum Gasteiger partial charge on any atom is 0.164 e. The fourth-order valence-corrected chi connectivity index (χ4v) is 19.5. The summed E-state index contributed by atoms with van der Waals surface area (Å²) in [6.07, 6.45) is 0. The maximum atomic E-state index is 5.04. The lowest BCUT2D eigenvalue weighted by atomic mass is 9.98. The molecule has 0 unspecified atom stereocenters. The van der Waals surface area contributed by atoms with Crippen molar-refractivity contribution in [3.8, 4) is 130 Å². The zero-order valence-corrected chi connectivity index (χ0v) is 70.9. The van der Waals surface area contributed by atoms with Gasteiger partial charge in [-0.1, -0.05) is 285 Å². The van der Waals surface area contributed by atoms with Gasteiger partial charge in [-0.15, -0.1) is 0 Å². The Morgan fingerprint density at radius 3 is 0.458 bits per heavy atom. The van der Waals surface area contributed by atoms with Crippen molar-refractivity contribution < 1.29 is 0 Å². The van der Waals surface area contributed by atoms with Crippen LogP contribution in [0.5, 0.6) is 0 Å². The molecule has 26 aromatic rings. The van der Waals surface area contributed by atoms with E-state index in [1.165, 1.54) is 109 Å². The molecule has 0 aliphatic carbocycles. The van der Waals surface area contributed by atoms with Crippen molar-refractivity contribution in [1.29, 1.82) is 0 Å². The van der Waals surface area contributed by atoms with Crippen molar-refractivity contribution in [2.45, 2.75) is 0 Å². The van der Waals surface area contributed by atoms with Crippen LogP contribution in [0.15, 0.2) is 467 Å². The van der Waals surface area contributed by atoms with Crippen LogP contribution in [0.3, 0.4) is 0 Å². The number of fused-ring (bicyclic) bond motifs is 15. The van der Waals surface area contributed by atoms with E-state index in [0.717, 1.165) is 95.0 Å². The molecule has 0 radical (unpaired) electrons. The fourth-order valence-electron chi connectivity index (χ4n) is 19.5. The van der Waals surface area contributed by atoms with Crippen molar-refractivity contribution >= 4 is 109 Å². The molecule has 0 saturated heterocycles. The molecule has 0 aliphatic rings. The summed E-state index contributed by atoms with van der Waals surface area (Å²) in [7, 11) is 0. The van der Waals surface area contributed by atoms with Crippen LogP contribution in [0, 0.1) is 0 Å². The summed E-state index contributed by atoms with van der Waals surface area (Å²) >= 11 is 0. The van der Waals surface area contributed by atoms with Crippen molar-refractivity contribution in [3.05, 3.63) is 467 Å². The third kappa shape index (κ3) is 13.3. The normalized spacial score (nSPS) is 11.7. The summed E-state index contributed by atoms with van der Waals surface area (Å²) in [5.41, 5.74) is 30.0. The molecule has 11 nitrogen and oxygen atoms in total. The summed E-state index contributed by atoms with van der Waals surface area (Å²) < 4.78 is 11.9. The van der Waals surface area contributed by atoms with Gasteiger partial charge < -0.3 is 22.8 Å². The molecular formula is C120H77N11. The first kappa shape index (κ1) is 75.7. The van der Waals surface area contributed by atoms with Gasteiger partial charge in [-0.05, 0) is 215 Å². The molecule has 131 heavy (non-hydrogen) atoms. The first-order chi connectivity index (χ1) is 64.9. The van der Waals surface area contributed by atoms with Gasteiger partial charge in [-0.3, -0.25) is 0 Å². The van der Waals surface area contributed by atoms with Gasteiger partial charge in [0.1, 0.15) is 0 Å². The van der Waals surface area contributed by atoms with E-state index >= 15 is 0 Å². The van der Waals surface area contributed by atoms with Crippen LogP contribution in [-0.4, -0.2) is 52.7 Å².